The average molecular weight is 215 g/mol. The minimum Gasteiger partial charge on any atom is -0.508 e. The van der Waals surface area contributed by atoms with Gasteiger partial charge in [0, 0.05) is 0 Å². The van der Waals surface area contributed by atoms with Crippen molar-refractivity contribution < 1.29 is 53.1 Å². The van der Waals surface area contributed by atoms with Crippen molar-refractivity contribution in [3.63, 3.8) is 0 Å². The summed E-state index contributed by atoms with van der Waals surface area (Å²) >= 11 is -2.61. The fourth-order valence-electron chi connectivity index (χ4n) is 0.453. The number of rotatable bonds is 0. The maximum Gasteiger partial charge on any atom is 1.00 e. The monoisotopic (exact) mass is 215 g/mol. The second-order valence-electron chi connectivity index (χ2n) is 1.75. The zero-order chi connectivity index (χ0) is 9.56. The van der Waals surface area contributed by atoms with Crippen molar-refractivity contribution in [3.8, 4) is 11.5 Å². The molecule has 7 heteroatoms. The van der Waals surface area contributed by atoms with Gasteiger partial charge in [0.2, 0.25) is 0 Å². The molecule has 0 aliphatic carbocycles. The van der Waals surface area contributed by atoms with Crippen LogP contribution in [0, 0.1) is 0 Å². The molecule has 0 fully saturated rings. The van der Waals surface area contributed by atoms with Gasteiger partial charge in [-0.1, -0.05) is 0 Å². The van der Waals surface area contributed by atoms with Crippen molar-refractivity contribution in [1.29, 1.82) is 0 Å². The van der Waals surface area contributed by atoms with Crippen LogP contribution in [0.4, 0.5) is 0 Å². The number of phenolic OH excluding ortho intramolecular Hbond substituents is 2. The third-order valence-corrected chi connectivity index (χ3v) is 0.850. The molecular formula is C6H8NaO5S+. The van der Waals surface area contributed by atoms with Crippen molar-refractivity contribution in [2.24, 2.45) is 0 Å². The molecule has 0 radical (unpaired) electrons. The summed E-state index contributed by atoms with van der Waals surface area (Å²) in [7, 11) is 0. The molecule has 1 aromatic rings. The van der Waals surface area contributed by atoms with Crippen molar-refractivity contribution in [2.75, 3.05) is 0 Å². The Hall–Kier alpha value is -0.110. The van der Waals surface area contributed by atoms with E-state index in [2.05, 4.69) is 0 Å². The van der Waals surface area contributed by atoms with Crippen molar-refractivity contribution >= 4 is 11.4 Å². The van der Waals surface area contributed by atoms with Gasteiger partial charge in [-0.25, -0.2) is 0 Å². The Morgan fingerprint density at radius 3 is 1.23 bits per heavy atom. The molecule has 4 N–H and O–H groups in total. The Balaban J connectivity index is 0. The molecule has 0 heterocycles. The summed E-state index contributed by atoms with van der Waals surface area (Å²) in [6.45, 7) is 0. The third kappa shape index (κ3) is 11.9. The molecular weight excluding hydrogens is 207 g/mol. The topological polar surface area (TPSA) is 98.0 Å². The first kappa shape index (κ1) is 15.4. The van der Waals surface area contributed by atoms with E-state index in [0.29, 0.717) is 0 Å². The summed E-state index contributed by atoms with van der Waals surface area (Å²) in [5.41, 5.74) is 0. The quantitative estimate of drug-likeness (QED) is 0.223. The molecule has 0 bridgehead atoms. The van der Waals surface area contributed by atoms with Crippen molar-refractivity contribution in [2.45, 2.75) is 0 Å². The smallest absolute Gasteiger partial charge is 0.508 e. The first-order valence-corrected chi connectivity index (χ1v) is 3.86. The molecule has 0 aliphatic heterocycles. The van der Waals surface area contributed by atoms with Crippen LogP contribution in [0.2, 0.25) is 0 Å². The summed E-state index contributed by atoms with van der Waals surface area (Å²) in [4.78, 5) is 0. The van der Waals surface area contributed by atoms with Gasteiger partial charge in [-0.2, -0.15) is 4.21 Å². The van der Waals surface area contributed by atoms with E-state index < -0.39 is 11.4 Å². The molecule has 0 aliphatic rings. The Bertz CT molecular complexity index is 225. The van der Waals surface area contributed by atoms with Gasteiger partial charge < -0.3 is 10.2 Å². The van der Waals surface area contributed by atoms with Crippen molar-refractivity contribution in [1.82, 2.24) is 0 Å². The SMILES string of the molecule is O=S(O)O.Oc1ccc(O)cc1.[Na+]. The molecule has 5 nitrogen and oxygen atoms in total. The van der Waals surface area contributed by atoms with Crippen LogP contribution in [0.1, 0.15) is 0 Å². The maximum absolute atomic E-state index is 8.67. The van der Waals surface area contributed by atoms with Crippen LogP contribution in [-0.2, 0) is 11.4 Å². The van der Waals surface area contributed by atoms with Crippen LogP contribution < -0.4 is 29.6 Å². The Labute approximate surface area is 99.8 Å². The maximum atomic E-state index is 8.67. The molecule has 1 aromatic carbocycles. The van der Waals surface area contributed by atoms with E-state index in [4.69, 9.17) is 23.5 Å². The summed E-state index contributed by atoms with van der Waals surface area (Å²) in [6, 6.07) is 5.70. The van der Waals surface area contributed by atoms with E-state index in [-0.39, 0.29) is 41.1 Å². The number of hydrogen-bond acceptors (Lipinski definition) is 3. The molecule has 0 unspecified atom stereocenters. The third-order valence-electron chi connectivity index (χ3n) is 0.850. The first-order chi connectivity index (χ1) is 5.52. The predicted molar refractivity (Wildman–Crippen MR) is 43.2 cm³/mol. The zero-order valence-corrected chi connectivity index (χ0v) is 9.73. The van der Waals surface area contributed by atoms with Gasteiger partial charge in [-0.15, -0.1) is 0 Å². The van der Waals surface area contributed by atoms with E-state index in [1.807, 2.05) is 0 Å². The predicted octanol–water partition coefficient (Wildman–Crippen LogP) is -2.22. The molecule has 68 valence electrons. The number of aromatic hydroxyl groups is 2. The van der Waals surface area contributed by atoms with Crippen LogP contribution in [0.15, 0.2) is 24.3 Å². The van der Waals surface area contributed by atoms with Crippen LogP contribution >= 0.6 is 0 Å². The number of phenols is 2. The minimum absolute atomic E-state index is 0. The minimum atomic E-state index is -2.61. The second-order valence-corrected chi connectivity index (χ2v) is 2.21. The first-order valence-electron chi connectivity index (χ1n) is 2.80. The molecule has 0 atom stereocenters. The average Bonchev–Trinajstić information content (AvgIpc) is 1.94. The van der Waals surface area contributed by atoms with E-state index in [1.54, 1.807) is 0 Å². The molecule has 1 rings (SSSR count). The summed E-state index contributed by atoms with van der Waals surface area (Å²) in [6.07, 6.45) is 0. The largest absolute Gasteiger partial charge is 1.00 e. The molecule has 0 aromatic heterocycles. The van der Waals surface area contributed by atoms with Crippen LogP contribution in [0.3, 0.4) is 0 Å². The Morgan fingerprint density at radius 1 is 0.923 bits per heavy atom. The number of hydrogen-bond donors (Lipinski definition) is 4. The Morgan fingerprint density at radius 2 is 1.08 bits per heavy atom. The molecule has 0 saturated heterocycles. The zero-order valence-electron chi connectivity index (χ0n) is 6.91. The summed E-state index contributed by atoms with van der Waals surface area (Å²) < 4.78 is 22.8. The molecule has 13 heavy (non-hydrogen) atoms. The fourth-order valence-corrected chi connectivity index (χ4v) is 0.453. The Kier molecular flexibility index (Phi) is 10.0. The molecule has 0 amide bonds. The van der Waals surface area contributed by atoms with E-state index in [9.17, 15) is 0 Å². The van der Waals surface area contributed by atoms with Gasteiger partial charge in [-0.3, -0.25) is 9.11 Å². The fraction of sp³-hybridized carbons (Fsp3) is 0. The van der Waals surface area contributed by atoms with Crippen LogP contribution in [-0.4, -0.2) is 23.5 Å². The van der Waals surface area contributed by atoms with Gasteiger partial charge in [0.1, 0.15) is 11.5 Å². The number of benzene rings is 1. The van der Waals surface area contributed by atoms with E-state index in [1.165, 1.54) is 24.3 Å². The van der Waals surface area contributed by atoms with Gasteiger partial charge in [0.25, 0.3) is 11.4 Å². The standard InChI is InChI=1S/C6H6O2.Na.H2O3S/c7-5-1-2-6(8)4-3-5;;1-4(2)3/h1-4,7-8H;;(H2,1,2,3)/q;+1;. The normalized spacial score (nSPS) is 8.23. The van der Waals surface area contributed by atoms with Gasteiger partial charge >= 0.3 is 29.6 Å². The van der Waals surface area contributed by atoms with E-state index in [0.717, 1.165) is 0 Å². The van der Waals surface area contributed by atoms with Gasteiger partial charge in [0.05, 0.1) is 0 Å². The van der Waals surface area contributed by atoms with Crippen LogP contribution in [0.5, 0.6) is 11.5 Å². The van der Waals surface area contributed by atoms with Gasteiger partial charge in [-0.05, 0) is 24.3 Å². The summed E-state index contributed by atoms with van der Waals surface area (Å²) in [5, 5.41) is 17.3. The molecule has 0 saturated carbocycles. The van der Waals surface area contributed by atoms with E-state index >= 15 is 0 Å². The second kappa shape index (κ2) is 8.49. The van der Waals surface area contributed by atoms with Gasteiger partial charge in [0.15, 0.2) is 0 Å². The van der Waals surface area contributed by atoms with Crippen molar-refractivity contribution in [3.05, 3.63) is 24.3 Å². The molecule has 0 spiro atoms. The van der Waals surface area contributed by atoms with Crippen LogP contribution in [0.25, 0.3) is 0 Å². The summed E-state index contributed by atoms with van der Waals surface area (Å²) in [5.74, 6) is 0.339.